The highest BCUT2D eigenvalue weighted by Gasteiger charge is 2.13. The van der Waals surface area contributed by atoms with Gasteiger partial charge in [-0.3, -0.25) is 4.68 Å². The van der Waals surface area contributed by atoms with E-state index in [9.17, 15) is 0 Å². The van der Waals surface area contributed by atoms with Crippen LogP contribution in [-0.2, 0) is 19.9 Å². The molecule has 2 aromatic rings. The van der Waals surface area contributed by atoms with E-state index in [2.05, 4.69) is 54.4 Å². The average molecular weight is 272 g/mol. The van der Waals surface area contributed by atoms with E-state index < -0.39 is 0 Å². The van der Waals surface area contributed by atoms with Gasteiger partial charge in [-0.05, 0) is 43.5 Å². The fourth-order valence-electron chi connectivity index (χ4n) is 2.45. The molecule has 108 valence electrons. The van der Waals surface area contributed by atoms with Crippen molar-refractivity contribution in [3.05, 3.63) is 47.0 Å². The minimum absolute atomic E-state index is 0.394. The zero-order valence-corrected chi connectivity index (χ0v) is 12.8. The van der Waals surface area contributed by atoms with E-state index in [-0.39, 0.29) is 0 Å². The molecule has 0 bridgehead atoms. The van der Waals surface area contributed by atoms with Crippen molar-refractivity contribution in [2.75, 3.05) is 6.54 Å². The molecule has 1 heterocycles. The molecular weight excluding hydrogens is 248 g/mol. The van der Waals surface area contributed by atoms with E-state index in [0.29, 0.717) is 6.04 Å². The van der Waals surface area contributed by atoms with Crippen LogP contribution in [0.4, 0.5) is 0 Å². The first-order valence-corrected chi connectivity index (χ1v) is 7.22. The number of hydrogen-bond donors (Lipinski definition) is 1. The van der Waals surface area contributed by atoms with Gasteiger partial charge >= 0.3 is 0 Å². The van der Waals surface area contributed by atoms with E-state index in [1.807, 2.05) is 11.7 Å². The minimum atomic E-state index is 0.394. The van der Waals surface area contributed by atoms with Gasteiger partial charge in [0.15, 0.2) is 0 Å². The number of likely N-dealkylation sites (N-methyl/N-ethyl adjacent to an activating group) is 1. The molecule has 1 aromatic heterocycles. The molecule has 0 saturated heterocycles. The van der Waals surface area contributed by atoms with Crippen LogP contribution in [-0.4, -0.2) is 27.4 Å². The summed E-state index contributed by atoms with van der Waals surface area (Å²) in [5.74, 6) is 1.03. The summed E-state index contributed by atoms with van der Waals surface area (Å²) in [7, 11) is 1.95. The first-order valence-electron chi connectivity index (χ1n) is 7.22. The lowest BCUT2D eigenvalue weighted by Crippen LogP contribution is -2.34. The molecule has 0 aliphatic carbocycles. The van der Waals surface area contributed by atoms with Crippen LogP contribution >= 0.6 is 0 Å². The van der Waals surface area contributed by atoms with E-state index >= 15 is 0 Å². The summed E-state index contributed by atoms with van der Waals surface area (Å²) in [6.07, 6.45) is 3.54. The third-order valence-electron chi connectivity index (χ3n) is 3.78. The Balaban J connectivity index is 2.08. The largest absolute Gasteiger partial charge is 0.313 e. The normalized spacial score (nSPS) is 12.6. The maximum absolute atomic E-state index is 4.32. The van der Waals surface area contributed by atoms with Crippen LogP contribution in [0, 0.1) is 13.8 Å². The van der Waals surface area contributed by atoms with Crippen LogP contribution < -0.4 is 5.32 Å². The summed E-state index contributed by atoms with van der Waals surface area (Å²) in [5, 5.41) is 7.69. The number of aromatic nitrogens is 3. The zero-order valence-electron chi connectivity index (χ0n) is 12.8. The van der Waals surface area contributed by atoms with E-state index in [1.165, 1.54) is 16.7 Å². The summed E-state index contributed by atoms with van der Waals surface area (Å²) < 4.78 is 1.85. The highest BCUT2D eigenvalue weighted by atomic mass is 15.3. The average Bonchev–Trinajstić information content (AvgIpc) is 2.80. The van der Waals surface area contributed by atoms with Crippen molar-refractivity contribution >= 4 is 0 Å². The van der Waals surface area contributed by atoms with Crippen molar-refractivity contribution in [3.63, 3.8) is 0 Å². The Hall–Kier alpha value is -1.68. The number of benzene rings is 1. The van der Waals surface area contributed by atoms with Crippen LogP contribution in [0.5, 0.6) is 0 Å². The molecule has 4 heteroatoms. The Morgan fingerprint density at radius 3 is 2.60 bits per heavy atom. The topological polar surface area (TPSA) is 42.7 Å². The fraction of sp³-hybridized carbons (Fsp3) is 0.500. The molecule has 4 nitrogen and oxygen atoms in total. The molecule has 2 rings (SSSR count). The first-order chi connectivity index (χ1) is 9.60. The predicted molar refractivity (Wildman–Crippen MR) is 81.8 cm³/mol. The smallest absolute Gasteiger partial charge is 0.138 e. The Labute approximate surface area is 121 Å². The van der Waals surface area contributed by atoms with Crippen LogP contribution in [0.15, 0.2) is 24.5 Å². The second-order valence-corrected chi connectivity index (χ2v) is 5.38. The maximum Gasteiger partial charge on any atom is 0.138 e. The van der Waals surface area contributed by atoms with Crippen molar-refractivity contribution in [3.8, 4) is 0 Å². The summed E-state index contributed by atoms with van der Waals surface area (Å²) in [6.45, 7) is 7.43. The predicted octanol–water partition coefficient (Wildman–Crippen LogP) is 2.20. The van der Waals surface area contributed by atoms with Gasteiger partial charge in [0.1, 0.15) is 12.2 Å². The Morgan fingerprint density at radius 1 is 1.20 bits per heavy atom. The number of nitrogens with zero attached hydrogens (tertiary/aromatic N) is 3. The van der Waals surface area contributed by atoms with Gasteiger partial charge in [-0.15, -0.1) is 0 Å². The molecule has 0 spiro atoms. The van der Waals surface area contributed by atoms with Gasteiger partial charge in [0.2, 0.25) is 0 Å². The second-order valence-electron chi connectivity index (χ2n) is 5.38. The number of nitrogens with one attached hydrogen (secondary N) is 1. The molecule has 0 saturated carbocycles. The molecule has 1 atom stereocenters. The highest BCUT2D eigenvalue weighted by Crippen LogP contribution is 2.13. The van der Waals surface area contributed by atoms with Gasteiger partial charge in [-0.25, -0.2) is 4.98 Å². The Morgan fingerprint density at radius 2 is 2.00 bits per heavy atom. The zero-order chi connectivity index (χ0) is 14.5. The van der Waals surface area contributed by atoms with Crippen molar-refractivity contribution < 1.29 is 0 Å². The van der Waals surface area contributed by atoms with Crippen LogP contribution in [0.2, 0.25) is 0 Å². The summed E-state index contributed by atoms with van der Waals surface area (Å²) in [5.41, 5.74) is 4.08. The van der Waals surface area contributed by atoms with Gasteiger partial charge in [-0.2, -0.15) is 5.10 Å². The molecule has 1 unspecified atom stereocenters. The molecule has 1 N–H and O–H groups in total. The highest BCUT2D eigenvalue weighted by molar-refractivity contribution is 5.30. The van der Waals surface area contributed by atoms with Crippen molar-refractivity contribution in [1.29, 1.82) is 0 Å². The molecule has 0 aliphatic heterocycles. The first kappa shape index (κ1) is 14.7. The number of hydrogen-bond acceptors (Lipinski definition) is 3. The van der Waals surface area contributed by atoms with E-state index in [4.69, 9.17) is 0 Å². The monoisotopic (exact) mass is 272 g/mol. The molecule has 1 aromatic carbocycles. The third kappa shape index (κ3) is 3.67. The van der Waals surface area contributed by atoms with Gasteiger partial charge < -0.3 is 5.32 Å². The van der Waals surface area contributed by atoms with Gasteiger partial charge in [0, 0.05) is 19.5 Å². The van der Waals surface area contributed by atoms with Gasteiger partial charge in [0.25, 0.3) is 0 Å². The minimum Gasteiger partial charge on any atom is -0.313 e. The van der Waals surface area contributed by atoms with E-state index in [1.54, 1.807) is 6.33 Å². The van der Waals surface area contributed by atoms with Crippen molar-refractivity contribution in [2.24, 2.45) is 7.05 Å². The van der Waals surface area contributed by atoms with E-state index in [0.717, 1.165) is 25.2 Å². The SMILES string of the molecule is CCNC(Cc1ccc(C)c(C)c1)Cc1ncnn1C. The van der Waals surface area contributed by atoms with Crippen molar-refractivity contribution in [2.45, 2.75) is 39.7 Å². The maximum atomic E-state index is 4.32. The molecule has 0 aliphatic rings. The summed E-state index contributed by atoms with van der Waals surface area (Å²) in [4.78, 5) is 4.32. The lowest BCUT2D eigenvalue weighted by molar-refractivity contribution is 0.499. The van der Waals surface area contributed by atoms with Crippen LogP contribution in [0.3, 0.4) is 0 Å². The quantitative estimate of drug-likeness (QED) is 0.876. The summed E-state index contributed by atoms with van der Waals surface area (Å²) in [6, 6.07) is 7.11. The molecule has 20 heavy (non-hydrogen) atoms. The lowest BCUT2D eigenvalue weighted by atomic mass is 9.99. The second kappa shape index (κ2) is 6.66. The molecule has 0 fully saturated rings. The van der Waals surface area contributed by atoms with Crippen molar-refractivity contribution in [1.82, 2.24) is 20.1 Å². The van der Waals surface area contributed by atoms with Gasteiger partial charge in [0.05, 0.1) is 0 Å². The fourth-order valence-corrected chi connectivity index (χ4v) is 2.45. The third-order valence-corrected chi connectivity index (χ3v) is 3.78. The standard InChI is InChI=1S/C16H24N4/c1-5-17-15(10-16-18-11-19-20(16)4)9-14-7-6-12(2)13(3)8-14/h6-8,11,15,17H,5,9-10H2,1-4H3. The van der Waals surface area contributed by atoms with Crippen LogP contribution in [0.1, 0.15) is 29.4 Å². The molecule has 0 radical (unpaired) electrons. The summed E-state index contributed by atoms with van der Waals surface area (Å²) >= 11 is 0. The molecule has 0 amide bonds. The lowest BCUT2D eigenvalue weighted by Gasteiger charge is -2.18. The van der Waals surface area contributed by atoms with Gasteiger partial charge in [-0.1, -0.05) is 25.1 Å². The Bertz CT molecular complexity index is 559. The Kier molecular flexibility index (Phi) is 4.90. The molecular formula is C16H24N4. The number of aryl methyl sites for hydroxylation is 3. The number of rotatable bonds is 6. The van der Waals surface area contributed by atoms with Crippen LogP contribution in [0.25, 0.3) is 0 Å².